The van der Waals surface area contributed by atoms with Crippen molar-refractivity contribution < 1.29 is 37.9 Å². The summed E-state index contributed by atoms with van der Waals surface area (Å²) in [5, 5.41) is 0. The first kappa shape index (κ1) is 52.0. The number of carbonyl (C=O) groups is 2. The lowest BCUT2D eigenvalue weighted by Crippen LogP contribution is -2.29. The van der Waals surface area contributed by atoms with E-state index in [1.165, 1.54) is 122 Å². The molecule has 0 aromatic rings. The fourth-order valence-electron chi connectivity index (χ4n) is 6.07. The Balaban J connectivity index is 3.99. The third kappa shape index (κ3) is 42.7. The van der Waals surface area contributed by atoms with E-state index in [4.69, 9.17) is 19.3 Å². The molecular formula is C45H81O8P. The fraction of sp³-hybridized carbons (Fsp3) is 0.778. The van der Waals surface area contributed by atoms with Crippen LogP contribution in [-0.2, 0) is 28.2 Å². The monoisotopic (exact) mass is 781 g/mol. The lowest BCUT2D eigenvalue weighted by Gasteiger charge is -2.18. The summed E-state index contributed by atoms with van der Waals surface area (Å²) in [5.74, 6) is -0.945. The van der Waals surface area contributed by atoms with Crippen molar-refractivity contribution in [2.24, 2.45) is 0 Å². The summed E-state index contributed by atoms with van der Waals surface area (Å²) in [6, 6.07) is 0. The minimum atomic E-state index is -4.77. The first-order valence-corrected chi connectivity index (χ1v) is 23.5. The molecule has 0 fully saturated rings. The van der Waals surface area contributed by atoms with Gasteiger partial charge in [-0.1, -0.05) is 191 Å². The molecular weight excluding hydrogens is 699 g/mol. The van der Waals surface area contributed by atoms with Crippen LogP contribution in [0.15, 0.2) is 48.6 Å². The van der Waals surface area contributed by atoms with Gasteiger partial charge in [-0.15, -0.1) is 0 Å². The first-order chi connectivity index (χ1) is 26.3. The Morgan fingerprint density at radius 3 is 1.30 bits per heavy atom. The SMILES string of the molecule is CCCCCCCCC/C=C/C/C=C/C/C=C/C/C=C/CCCC(=O)OC[C@H](COP(=O)(O)O)OC(=O)CCCCCCCCCCCCCCCCC. The van der Waals surface area contributed by atoms with E-state index in [1.807, 2.05) is 6.08 Å². The normalized spacial score (nSPS) is 12.9. The standard InChI is InChI=1S/C45H81O8P/c1-3-5-7-9-11-13-15-17-19-20-21-22-23-24-26-27-29-31-33-35-37-39-44(46)51-41-43(42-52-54(48,49)50)53-45(47)40-38-36-34-32-30-28-25-18-16-14-12-10-8-6-4-2/h19-20,22-23,26-27,31,33,43H,3-18,21,24-25,28-30,32,34-42H2,1-2H3,(H2,48,49,50)/b20-19+,23-22+,27-26+,33-31+/t43-/m1/s1. The van der Waals surface area contributed by atoms with Crippen LogP contribution in [0.1, 0.15) is 206 Å². The smallest absolute Gasteiger partial charge is 0.462 e. The number of ether oxygens (including phenoxy) is 2. The molecule has 0 radical (unpaired) electrons. The fourth-order valence-corrected chi connectivity index (χ4v) is 6.43. The van der Waals surface area contributed by atoms with Gasteiger partial charge in [0.15, 0.2) is 6.10 Å². The van der Waals surface area contributed by atoms with Crippen LogP contribution in [0.25, 0.3) is 0 Å². The zero-order valence-electron chi connectivity index (χ0n) is 34.6. The lowest BCUT2D eigenvalue weighted by molar-refractivity contribution is -0.161. The van der Waals surface area contributed by atoms with Gasteiger partial charge in [-0.3, -0.25) is 14.1 Å². The summed E-state index contributed by atoms with van der Waals surface area (Å²) in [6.07, 6.45) is 49.8. The number of phosphoric ester groups is 1. The van der Waals surface area contributed by atoms with Gasteiger partial charge in [0.25, 0.3) is 0 Å². The highest BCUT2D eigenvalue weighted by atomic mass is 31.2. The van der Waals surface area contributed by atoms with Crippen molar-refractivity contribution >= 4 is 19.8 Å². The zero-order chi connectivity index (χ0) is 39.6. The summed E-state index contributed by atoms with van der Waals surface area (Å²) in [6.45, 7) is 3.65. The molecule has 0 spiro atoms. The molecule has 0 aliphatic rings. The van der Waals surface area contributed by atoms with Gasteiger partial charge in [-0.05, 0) is 51.4 Å². The Morgan fingerprint density at radius 1 is 0.481 bits per heavy atom. The average Bonchev–Trinajstić information content (AvgIpc) is 3.14. The Bertz CT molecular complexity index is 1020. The van der Waals surface area contributed by atoms with Crippen LogP contribution in [0.4, 0.5) is 0 Å². The van der Waals surface area contributed by atoms with Crippen molar-refractivity contribution in [2.75, 3.05) is 13.2 Å². The summed E-state index contributed by atoms with van der Waals surface area (Å²) in [7, 11) is -4.77. The number of esters is 2. The maximum Gasteiger partial charge on any atom is 0.469 e. The number of unbranched alkanes of at least 4 members (excludes halogenated alkanes) is 22. The Morgan fingerprint density at radius 2 is 0.852 bits per heavy atom. The average molecular weight is 781 g/mol. The quantitative estimate of drug-likeness (QED) is 0.0273. The van der Waals surface area contributed by atoms with Gasteiger partial charge in [-0.2, -0.15) is 0 Å². The van der Waals surface area contributed by atoms with Crippen molar-refractivity contribution in [1.82, 2.24) is 0 Å². The molecule has 2 N–H and O–H groups in total. The highest BCUT2D eigenvalue weighted by Crippen LogP contribution is 2.36. The molecule has 0 bridgehead atoms. The van der Waals surface area contributed by atoms with Gasteiger partial charge in [0.2, 0.25) is 0 Å². The van der Waals surface area contributed by atoms with Crippen molar-refractivity contribution in [1.29, 1.82) is 0 Å². The van der Waals surface area contributed by atoms with Gasteiger partial charge in [0.1, 0.15) is 6.61 Å². The second kappa shape index (κ2) is 40.7. The molecule has 9 heteroatoms. The third-order valence-corrected chi connectivity index (χ3v) is 9.84. The maximum absolute atomic E-state index is 12.4. The summed E-state index contributed by atoms with van der Waals surface area (Å²) >= 11 is 0. The Labute approximate surface area is 331 Å². The Kier molecular flexibility index (Phi) is 39.2. The highest BCUT2D eigenvalue weighted by Gasteiger charge is 2.22. The van der Waals surface area contributed by atoms with Crippen molar-refractivity contribution in [2.45, 2.75) is 213 Å². The van der Waals surface area contributed by atoms with Crippen LogP contribution in [0.5, 0.6) is 0 Å². The van der Waals surface area contributed by atoms with E-state index in [9.17, 15) is 14.2 Å². The number of hydrogen-bond acceptors (Lipinski definition) is 6. The number of hydrogen-bond donors (Lipinski definition) is 2. The number of rotatable bonds is 40. The summed E-state index contributed by atoms with van der Waals surface area (Å²) in [5.41, 5.74) is 0. The zero-order valence-corrected chi connectivity index (χ0v) is 35.5. The van der Waals surface area contributed by atoms with E-state index < -0.39 is 32.5 Å². The molecule has 0 aliphatic heterocycles. The second-order valence-corrected chi connectivity index (χ2v) is 15.9. The van der Waals surface area contributed by atoms with Gasteiger partial charge in [0, 0.05) is 12.8 Å². The van der Waals surface area contributed by atoms with E-state index in [1.54, 1.807) is 0 Å². The van der Waals surface area contributed by atoms with Crippen LogP contribution in [0.2, 0.25) is 0 Å². The van der Waals surface area contributed by atoms with Crippen LogP contribution in [0, 0.1) is 0 Å². The largest absolute Gasteiger partial charge is 0.469 e. The number of allylic oxidation sites excluding steroid dienone is 8. The predicted octanol–water partition coefficient (Wildman–Crippen LogP) is 13.5. The van der Waals surface area contributed by atoms with E-state index in [0.29, 0.717) is 12.8 Å². The van der Waals surface area contributed by atoms with E-state index in [-0.39, 0.29) is 19.4 Å². The van der Waals surface area contributed by atoms with Crippen LogP contribution < -0.4 is 0 Å². The molecule has 0 rings (SSSR count). The molecule has 0 amide bonds. The Hall–Kier alpha value is -1.99. The van der Waals surface area contributed by atoms with Gasteiger partial charge in [-0.25, -0.2) is 4.57 Å². The number of phosphoric acid groups is 1. The molecule has 1 atom stereocenters. The van der Waals surface area contributed by atoms with E-state index in [2.05, 4.69) is 60.9 Å². The van der Waals surface area contributed by atoms with Gasteiger partial charge < -0.3 is 19.3 Å². The lowest BCUT2D eigenvalue weighted by atomic mass is 10.0. The molecule has 54 heavy (non-hydrogen) atoms. The summed E-state index contributed by atoms with van der Waals surface area (Å²) in [4.78, 5) is 42.8. The minimum Gasteiger partial charge on any atom is -0.462 e. The van der Waals surface area contributed by atoms with E-state index in [0.717, 1.165) is 44.9 Å². The molecule has 0 aliphatic carbocycles. The highest BCUT2D eigenvalue weighted by molar-refractivity contribution is 7.46. The van der Waals surface area contributed by atoms with Crippen molar-refractivity contribution in [3.8, 4) is 0 Å². The third-order valence-electron chi connectivity index (χ3n) is 9.35. The van der Waals surface area contributed by atoms with Gasteiger partial charge >= 0.3 is 19.8 Å². The maximum atomic E-state index is 12.4. The predicted molar refractivity (Wildman–Crippen MR) is 225 cm³/mol. The molecule has 0 unspecified atom stereocenters. The molecule has 8 nitrogen and oxygen atoms in total. The summed E-state index contributed by atoms with van der Waals surface area (Å²) < 4.78 is 26.4. The second-order valence-electron chi connectivity index (χ2n) is 14.7. The van der Waals surface area contributed by atoms with Gasteiger partial charge in [0.05, 0.1) is 6.61 Å². The number of carbonyl (C=O) groups excluding carboxylic acids is 2. The molecule has 0 saturated carbocycles. The van der Waals surface area contributed by atoms with Crippen LogP contribution in [-0.4, -0.2) is 41.0 Å². The molecule has 0 saturated heterocycles. The van der Waals surface area contributed by atoms with Crippen molar-refractivity contribution in [3.63, 3.8) is 0 Å². The van der Waals surface area contributed by atoms with Crippen molar-refractivity contribution in [3.05, 3.63) is 48.6 Å². The molecule has 314 valence electrons. The first-order valence-electron chi connectivity index (χ1n) is 21.9. The van der Waals surface area contributed by atoms with Crippen LogP contribution >= 0.6 is 7.82 Å². The molecule has 0 aromatic heterocycles. The minimum absolute atomic E-state index is 0.192. The topological polar surface area (TPSA) is 119 Å². The molecule has 0 aromatic carbocycles. The van der Waals surface area contributed by atoms with E-state index >= 15 is 0 Å². The van der Waals surface area contributed by atoms with Crippen LogP contribution in [0.3, 0.4) is 0 Å². The molecule has 0 heterocycles.